The number of carbonyl (C=O) groups is 2. The summed E-state index contributed by atoms with van der Waals surface area (Å²) in [5.74, 6) is 0.195. The van der Waals surface area contributed by atoms with Crippen LogP contribution in [0, 0.1) is 10.1 Å². The number of carbonyl (C=O) groups excluding carboxylic acids is 2. The third-order valence-corrected chi connectivity index (χ3v) is 6.56. The quantitative estimate of drug-likeness (QED) is 0.416. The molecular weight excluding hydrogens is 442 g/mol. The van der Waals surface area contributed by atoms with Crippen molar-refractivity contribution in [3.05, 3.63) is 88.5 Å². The molecule has 1 N–H and O–H groups in total. The summed E-state index contributed by atoms with van der Waals surface area (Å²) in [5.41, 5.74) is 2.04. The predicted molar refractivity (Wildman–Crippen MR) is 127 cm³/mol. The number of hydrogen-bond donors (Lipinski definition) is 1. The average molecular weight is 464 g/mol. The SMILES string of the molecule is COc1ccc([C@H]2CC(=O)N(CC(=O)Nc3ccc([N+](=O)[O-])cc3)c3ccccc3S2)cc1. The minimum Gasteiger partial charge on any atom is -0.497 e. The second-order valence-corrected chi connectivity index (χ2v) is 8.63. The number of methoxy groups -OCH3 is 1. The number of anilines is 2. The van der Waals surface area contributed by atoms with Crippen LogP contribution in [0.15, 0.2) is 77.7 Å². The first-order valence-electron chi connectivity index (χ1n) is 10.2. The van der Waals surface area contributed by atoms with Gasteiger partial charge in [0, 0.05) is 34.4 Å². The third-order valence-electron chi connectivity index (χ3n) is 5.24. The number of para-hydroxylation sites is 1. The Morgan fingerprint density at radius 3 is 2.48 bits per heavy atom. The van der Waals surface area contributed by atoms with Crippen LogP contribution < -0.4 is 15.0 Å². The van der Waals surface area contributed by atoms with Gasteiger partial charge in [0.25, 0.3) is 5.69 Å². The fourth-order valence-corrected chi connectivity index (χ4v) is 4.85. The van der Waals surface area contributed by atoms with E-state index in [0.717, 1.165) is 16.2 Å². The van der Waals surface area contributed by atoms with Crippen molar-refractivity contribution in [3.8, 4) is 5.75 Å². The summed E-state index contributed by atoms with van der Waals surface area (Å²) in [7, 11) is 1.61. The van der Waals surface area contributed by atoms with E-state index in [1.165, 1.54) is 29.2 Å². The van der Waals surface area contributed by atoms with E-state index < -0.39 is 4.92 Å². The minimum atomic E-state index is -0.505. The molecule has 0 saturated heterocycles. The van der Waals surface area contributed by atoms with E-state index in [4.69, 9.17) is 4.74 Å². The van der Waals surface area contributed by atoms with Crippen molar-refractivity contribution in [3.63, 3.8) is 0 Å². The van der Waals surface area contributed by atoms with Gasteiger partial charge in [0.05, 0.1) is 17.7 Å². The second kappa shape index (κ2) is 9.74. The highest BCUT2D eigenvalue weighted by Gasteiger charge is 2.30. The Balaban J connectivity index is 1.53. The molecule has 1 atom stereocenters. The molecule has 9 heteroatoms. The Hall–Kier alpha value is -3.85. The van der Waals surface area contributed by atoms with Crippen molar-refractivity contribution in [1.82, 2.24) is 0 Å². The summed E-state index contributed by atoms with van der Waals surface area (Å²) >= 11 is 1.59. The van der Waals surface area contributed by atoms with Crippen LogP contribution in [-0.4, -0.2) is 30.4 Å². The van der Waals surface area contributed by atoms with Crippen LogP contribution in [0.5, 0.6) is 5.75 Å². The summed E-state index contributed by atoms with van der Waals surface area (Å²) in [6.45, 7) is -0.164. The molecule has 1 aliphatic heterocycles. The molecule has 0 spiro atoms. The average Bonchev–Trinajstić information content (AvgIpc) is 2.96. The number of nitrogens with one attached hydrogen (secondary N) is 1. The normalized spacial score (nSPS) is 15.4. The van der Waals surface area contributed by atoms with E-state index in [1.54, 1.807) is 18.9 Å². The highest BCUT2D eigenvalue weighted by Crippen LogP contribution is 2.45. The molecule has 0 unspecified atom stereocenters. The standard InChI is InChI=1S/C24H21N3O5S/c1-32-19-12-6-16(7-13-19)22-14-24(29)26(20-4-2-3-5-21(20)33-22)15-23(28)25-17-8-10-18(11-9-17)27(30)31/h2-13,22H,14-15H2,1H3,(H,25,28)/t22-/m1/s1. The number of rotatable bonds is 6. The molecular formula is C24H21N3O5S. The number of ether oxygens (including phenoxy) is 1. The van der Waals surface area contributed by atoms with Crippen molar-refractivity contribution in [2.45, 2.75) is 16.6 Å². The number of hydrogen-bond acceptors (Lipinski definition) is 6. The van der Waals surface area contributed by atoms with E-state index in [-0.39, 0.29) is 35.7 Å². The number of nitro groups is 1. The Bertz CT molecular complexity index is 1180. The summed E-state index contributed by atoms with van der Waals surface area (Å²) in [6, 6.07) is 20.7. The van der Waals surface area contributed by atoms with Crippen LogP contribution in [0.4, 0.5) is 17.1 Å². The zero-order valence-corrected chi connectivity index (χ0v) is 18.6. The van der Waals surface area contributed by atoms with Gasteiger partial charge in [-0.25, -0.2) is 0 Å². The van der Waals surface area contributed by atoms with Gasteiger partial charge in [-0.05, 0) is 42.0 Å². The summed E-state index contributed by atoms with van der Waals surface area (Å²) < 4.78 is 5.23. The lowest BCUT2D eigenvalue weighted by Gasteiger charge is -2.22. The Kier molecular flexibility index (Phi) is 6.60. The van der Waals surface area contributed by atoms with Crippen LogP contribution in [0.1, 0.15) is 17.2 Å². The molecule has 0 radical (unpaired) electrons. The van der Waals surface area contributed by atoms with Crippen LogP contribution in [0.25, 0.3) is 0 Å². The van der Waals surface area contributed by atoms with Crippen LogP contribution >= 0.6 is 11.8 Å². The van der Waals surface area contributed by atoms with Gasteiger partial charge in [0.15, 0.2) is 0 Å². The summed E-state index contributed by atoms with van der Waals surface area (Å²) in [4.78, 5) is 38.7. The number of nitrogens with zero attached hydrogens (tertiary/aromatic N) is 2. The zero-order chi connectivity index (χ0) is 23.4. The van der Waals surface area contributed by atoms with Crippen molar-refractivity contribution < 1.29 is 19.2 Å². The highest BCUT2D eigenvalue weighted by atomic mass is 32.2. The summed E-state index contributed by atoms with van der Waals surface area (Å²) in [5, 5.41) is 13.4. The van der Waals surface area contributed by atoms with Crippen molar-refractivity contribution in [2.75, 3.05) is 23.9 Å². The highest BCUT2D eigenvalue weighted by molar-refractivity contribution is 7.99. The first-order chi connectivity index (χ1) is 15.9. The minimum absolute atomic E-state index is 0.0637. The van der Waals surface area contributed by atoms with Crippen molar-refractivity contribution in [2.24, 2.45) is 0 Å². The van der Waals surface area contributed by atoms with E-state index >= 15 is 0 Å². The van der Waals surface area contributed by atoms with Gasteiger partial charge in [0.2, 0.25) is 11.8 Å². The van der Waals surface area contributed by atoms with E-state index in [2.05, 4.69) is 5.32 Å². The molecule has 168 valence electrons. The molecule has 8 nitrogen and oxygen atoms in total. The fraction of sp³-hybridized carbons (Fsp3) is 0.167. The molecule has 0 bridgehead atoms. The molecule has 0 aromatic heterocycles. The zero-order valence-electron chi connectivity index (χ0n) is 17.8. The molecule has 33 heavy (non-hydrogen) atoms. The smallest absolute Gasteiger partial charge is 0.269 e. The van der Waals surface area contributed by atoms with Gasteiger partial charge in [0.1, 0.15) is 12.3 Å². The topological polar surface area (TPSA) is 102 Å². The number of nitro benzene ring substituents is 1. The predicted octanol–water partition coefficient (Wildman–Crippen LogP) is 4.81. The first kappa shape index (κ1) is 22.3. The molecule has 1 aliphatic rings. The largest absolute Gasteiger partial charge is 0.497 e. The molecule has 4 rings (SSSR count). The number of non-ortho nitro benzene ring substituents is 1. The number of amides is 2. The Labute approximate surface area is 194 Å². The third kappa shape index (κ3) is 5.15. The van der Waals surface area contributed by atoms with Gasteiger partial charge in [-0.3, -0.25) is 19.7 Å². The maximum atomic E-state index is 13.2. The number of benzene rings is 3. The van der Waals surface area contributed by atoms with Gasteiger partial charge >= 0.3 is 0 Å². The molecule has 3 aromatic rings. The Morgan fingerprint density at radius 1 is 1.12 bits per heavy atom. The van der Waals surface area contributed by atoms with Crippen molar-refractivity contribution in [1.29, 1.82) is 0 Å². The lowest BCUT2D eigenvalue weighted by molar-refractivity contribution is -0.384. The maximum Gasteiger partial charge on any atom is 0.269 e. The van der Waals surface area contributed by atoms with Crippen LogP contribution in [0.2, 0.25) is 0 Å². The van der Waals surface area contributed by atoms with Gasteiger partial charge < -0.3 is 15.0 Å². The van der Waals surface area contributed by atoms with Gasteiger partial charge in [-0.2, -0.15) is 0 Å². The van der Waals surface area contributed by atoms with Gasteiger partial charge in [-0.1, -0.05) is 24.3 Å². The van der Waals surface area contributed by atoms with Gasteiger partial charge in [-0.15, -0.1) is 11.8 Å². The molecule has 3 aromatic carbocycles. The molecule has 0 aliphatic carbocycles. The van der Waals surface area contributed by atoms with Crippen LogP contribution in [0.3, 0.4) is 0 Å². The number of thioether (sulfide) groups is 1. The molecule has 0 saturated carbocycles. The van der Waals surface area contributed by atoms with E-state index in [1.807, 2.05) is 48.5 Å². The van der Waals surface area contributed by atoms with E-state index in [9.17, 15) is 19.7 Å². The van der Waals surface area contributed by atoms with E-state index in [0.29, 0.717) is 11.4 Å². The maximum absolute atomic E-state index is 13.2. The fourth-order valence-electron chi connectivity index (χ4n) is 3.57. The first-order valence-corrected chi connectivity index (χ1v) is 11.1. The lowest BCUT2D eigenvalue weighted by atomic mass is 10.1. The number of fused-ring (bicyclic) bond motifs is 1. The molecule has 1 heterocycles. The lowest BCUT2D eigenvalue weighted by Crippen LogP contribution is -2.38. The molecule has 2 amide bonds. The second-order valence-electron chi connectivity index (χ2n) is 7.38. The van der Waals surface area contributed by atoms with Crippen molar-refractivity contribution >= 4 is 40.6 Å². The monoisotopic (exact) mass is 463 g/mol. The van der Waals surface area contributed by atoms with Crippen LogP contribution in [-0.2, 0) is 9.59 Å². The summed E-state index contributed by atoms with van der Waals surface area (Å²) in [6.07, 6.45) is 0.233. The Morgan fingerprint density at radius 2 is 1.82 bits per heavy atom. The molecule has 0 fully saturated rings.